The van der Waals surface area contributed by atoms with Crippen LogP contribution in [0.4, 0.5) is 0 Å². The lowest BCUT2D eigenvalue weighted by Crippen LogP contribution is -2.55. The van der Waals surface area contributed by atoms with Crippen LogP contribution in [0.25, 0.3) is 11.1 Å². The molecule has 6 nitrogen and oxygen atoms in total. The number of halogens is 1. The second-order valence-corrected chi connectivity index (χ2v) is 11.9. The molecule has 1 heterocycles. The fourth-order valence-electron chi connectivity index (χ4n) is 6.53. The molecule has 0 bridgehead atoms. The summed E-state index contributed by atoms with van der Waals surface area (Å²) in [7, 11) is 3.69. The number of hydrogen-bond donors (Lipinski definition) is 2. The average molecular weight is 571 g/mol. The molecule has 1 saturated carbocycles. The number of aliphatic hydroxyl groups is 1. The van der Waals surface area contributed by atoms with Crippen molar-refractivity contribution in [2.45, 2.75) is 70.0 Å². The first-order valence-corrected chi connectivity index (χ1v) is 15.4. The molecule has 2 aromatic carbocycles. The highest BCUT2D eigenvalue weighted by molar-refractivity contribution is 6.33. The van der Waals surface area contributed by atoms with Gasteiger partial charge in [-0.3, -0.25) is 4.79 Å². The predicted octanol–water partition coefficient (Wildman–Crippen LogP) is 5.83. The van der Waals surface area contributed by atoms with E-state index in [4.69, 9.17) is 21.1 Å². The van der Waals surface area contributed by atoms with E-state index in [0.29, 0.717) is 43.7 Å². The molecule has 40 heavy (non-hydrogen) atoms. The van der Waals surface area contributed by atoms with Gasteiger partial charge < -0.3 is 24.8 Å². The molecule has 1 aliphatic carbocycles. The van der Waals surface area contributed by atoms with E-state index >= 15 is 0 Å². The molecule has 0 aromatic heterocycles. The van der Waals surface area contributed by atoms with E-state index in [0.717, 1.165) is 68.2 Å². The molecule has 2 fully saturated rings. The quantitative estimate of drug-likeness (QED) is 0.314. The Hall–Kier alpha value is -1.96. The van der Waals surface area contributed by atoms with Crippen LogP contribution in [0.2, 0.25) is 5.02 Å². The lowest BCUT2D eigenvalue weighted by atomic mass is 9.78. The number of carbonyl (C=O) groups is 1. The Morgan fingerprint density at radius 1 is 1.18 bits per heavy atom. The molecular formula is C33H47ClN2O4. The summed E-state index contributed by atoms with van der Waals surface area (Å²) in [4.78, 5) is 15.6. The van der Waals surface area contributed by atoms with Gasteiger partial charge in [-0.15, -0.1) is 0 Å². The Morgan fingerprint density at radius 3 is 2.67 bits per heavy atom. The molecule has 0 spiro atoms. The third-order valence-electron chi connectivity index (χ3n) is 8.86. The van der Waals surface area contributed by atoms with Gasteiger partial charge in [0.2, 0.25) is 5.91 Å². The monoisotopic (exact) mass is 570 g/mol. The van der Waals surface area contributed by atoms with E-state index < -0.39 is 11.7 Å². The van der Waals surface area contributed by atoms with Crippen LogP contribution < -0.4 is 5.32 Å². The van der Waals surface area contributed by atoms with Crippen molar-refractivity contribution in [2.24, 2.45) is 11.8 Å². The van der Waals surface area contributed by atoms with Gasteiger partial charge in [-0.2, -0.15) is 0 Å². The Morgan fingerprint density at radius 2 is 1.95 bits per heavy atom. The standard InChI is InChI=1S/C33H47ClN2O4/c1-4-24-9-7-10-27(21-24)31-28(11-8-12-29(31)34)33(38,17-5-6-19-39-3)30-23-36(18-20-40-30)32(37)26-15-13-25(14-16-26)22-35-2/h7-12,21,25-26,30,35,38H,4-6,13-20,22-23H2,1-3H3. The number of rotatable bonds is 12. The second kappa shape index (κ2) is 14.8. The number of benzene rings is 2. The molecule has 7 heteroatoms. The number of nitrogens with zero attached hydrogens (tertiary/aromatic N) is 1. The van der Waals surface area contributed by atoms with Gasteiger partial charge in [-0.1, -0.05) is 54.9 Å². The van der Waals surface area contributed by atoms with Gasteiger partial charge in [0.05, 0.1) is 13.2 Å². The maximum absolute atomic E-state index is 13.7. The lowest BCUT2D eigenvalue weighted by Gasteiger charge is -2.44. The molecule has 2 atom stereocenters. The number of hydrogen-bond acceptors (Lipinski definition) is 5. The zero-order valence-corrected chi connectivity index (χ0v) is 25.2. The summed E-state index contributed by atoms with van der Waals surface area (Å²) in [5.74, 6) is 0.913. The molecule has 2 N–H and O–H groups in total. The molecule has 0 radical (unpaired) electrons. The summed E-state index contributed by atoms with van der Waals surface area (Å²) in [6, 6.07) is 14.1. The highest BCUT2D eigenvalue weighted by atomic mass is 35.5. The number of carbonyl (C=O) groups excluding carboxylic acids is 1. The number of amides is 1. The van der Waals surface area contributed by atoms with E-state index in [-0.39, 0.29) is 11.8 Å². The summed E-state index contributed by atoms with van der Waals surface area (Å²) in [5, 5.41) is 16.5. The van der Waals surface area contributed by atoms with Crippen molar-refractivity contribution in [3.63, 3.8) is 0 Å². The Balaban J connectivity index is 1.63. The van der Waals surface area contributed by atoms with Crippen LogP contribution in [-0.4, -0.2) is 69.0 Å². The summed E-state index contributed by atoms with van der Waals surface area (Å²) >= 11 is 6.86. The minimum atomic E-state index is -1.32. The van der Waals surface area contributed by atoms with Gasteiger partial charge in [0.25, 0.3) is 0 Å². The zero-order chi connectivity index (χ0) is 28.5. The van der Waals surface area contributed by atoms with Gasteiger partial charge in [-0.05, 0) is 93.6 Å². The van der Waals surface area contributed by atoms with Crippen LogP contribution in [-0.2, 0) is 26.3 Å². The van der Waals surface area contributed by atoms with Crippen molar-refractivity contribution >= 4 is 17.5 Å². The highest BCUT2D eigenvalue weighted by Gasteiger charge is 2.45. The number of unbranched alkanes of at least 4 members (excludes halogenated alkanes) is 1. The number of methoxy groups -OCH3 is 1. The van der Waals surface area contributed by atoms with Crippen molar-refractivity contribution in [3.05, 3.63) is 58.6 Å². The third kappa shape index (κ3) is 7.27. The Bertz CT molecular complexity index is 1100. The van der Waals surface area contributed by atoms with E-state index in [1.54, 1.807) is 7.11 Å². The van der Waals surface area contributed by atoms with Crippen LogP contribution >= 0.6 is 11.6 Å². The Labute approximate surface area is 245 Å². The van der Waals surface area contributed by atoms with Gasteiger partial charge in [-0.25, -0.2) is 0 Å². The number of aryl methyl sites for hydroxylation is 1. The van der Waals surface area contributed by atoms with E-state index in [2.05, 4.69) is 30.4 Å². The fourth-order valence-corrected chi connectivity index (χ4v) is 6.82. The minimum Gasteiger partial charge on any atom is -0.385 e. The van der Waals surface area contributed by atoms with Crippen molar-refractivity contribution in [1.29, 1.82) is 0 Å². The molecule has 220 valence electrons. The first kappa shape index (κ1) is 31.0. The maximum Gasteiger partial charge on any atom is 0.225 e. The summed E-state index contributed by atoms with van der Waals surface area (Å²) in [6.07, 6.45) is 6.45. The minimum absolute atomic E-state index is 0.0557. The van der Waals surface area contributed by atoms with E-state index in [1.165, 1.54) is 5.56 Å². The molecular weight excluding hydrogens is 524 g/mol. The largest absolute Gasteiger partial charge is 0.385 e. The summed E-state index contributed by atoms with van der Waals surface area (Å²) in [6.45, 7) is 5.12. The van der Waals surface area contributed by atoms with Gasteiger partial charge in [0, 0.05) is 36.8 Å². The van der Waals surface area contributed by atoms with Crippen LogP contribution in [0.1, 0.15) is 63.0 Å². The van der Waals surface area contributed by atoms with Crippen molar-refractivity contribution in [1.82, 2.24) is 10.2 Å². The molecule has 1 aliphatic heterocycles. The van der Waals surface area contributed by atoms with Crippen LogP contribution in [0.15, 0.2) is 42.5 Å². The molecule has 2 aliphatic rings. The van der Waals surface area contributed by atoms with Crippen molar-refractivity contribution in [2.75, 3.05) is 47.0 Å². The van der Waals surface area contributed by atoms with Crippen LogP contribution in [0.3, 0.4) is 0 Å². The van der Waals surface area contributed by atoms with Crippen molar-refractivity contribution < 1.29 is 19.4 Å². The number of morpholine rings is 1. The number of nitrogens with one attached hydrogen (secondary N) is 1. The average Bonchev–Trinajstić information content (AvgIpc) is 2.99. The van der Waals surface area contributed by atoms with Gasteiger partial charge in [0.15, 0.2) is 0 Å². The molecule has 1 amide bonds. The maximum atomic E-state index is 13.7. The van der Waals surface area contributed by atoms with Gasteiger partial charge >= 0.3 is 0 Å². The van der Waals surface area contributed by atoms with Crippen molar-refractivity contribution in [3.8, 4) is 11.1 Å². The summed E-state index contributed by atoms with van der Waals surface area (Å²) in [5.41, 5.74) is 2.47. The first-order chi connectivity index (χ1) is 19.4. The highest BCUT2D eigenvalue weighted by Crippen LogP contribution is 2.43. The smallest absolute Gasteiger partial charge is 0.225 e. The topological polar surface area (TPSA) is 71.0 Å². The predicted molar refractivity (Wildman–Crippen MR) is 162 cm³/mol. The summed E-state index contributed by atoms with van der Waals surface area (Å²) < 4.78 is 11.6. The second-order valence-electron chi connectivity index (χ2n) is 11.5. The normalized spacial score (nSPS) is 23.1. The molecule has 2 aromatic rings. The van der Waals surface area contributed by atoms with E-state index in [9.17, 15) is 9.90 Å². The lowest BCUT2D eigenvalue weighted by molar-refractivity contribution is -0.168. The van der Waals surface area contributed by atoms with Crippen LogP contribution in [0, 0.1) is 11.8 Å². The SMILES string of the molecule is CCc1cccc(-c2c(Cl)cccc2C(O)(CCCCOC)C2CN(C(=O)C3CCC(CNC)CC3)CCO2)c1. The van der Waals surface area contributed by atoms with Gasteiger partial charge in [0.1, 0.15) is 11.7 Å². The Kier molecular flexibility index (Phi) is 11.5. The molecule has 1 saturated heterocycles. The van der Waals surface area contributed by atoms with Crippen LogP contribution in [0.5, 0.6) is 0 Å². The van der Waals surface area contributed by atoms with E-state index in [1.807, 2.05) is 36.2 Å². The third-order valence-corrected chi connectivity index (χ3v) is 9.17. The zero-order valence-electron chi connectivity index (χ0n) is 24.5. The molecule has 2 unspecified atom stereocenters. The molecule has 4 rings (SSSR count). The first-order valence-electron chi connectivity index (χ1n) is 15.1. The fraction of sp³-hybridized carbons (Fsp3) is 0.606. The number of ether oxygens (including phenoxy) is 2.